The summed E-state index contributed by atoms with van der Waals surface area (Å²) in [5, 5.41) is 41.6. The molecule has 36 heavy (non-hydrogen) atoms. The second kappa shape index (κ2) is 10.5. The first kappa shape index (κ1) is 12.9. The first-order chi connectivity index (χ1) is 23.0. The Morgan fingerprint density at radius 3 is 2.92 bits per heavy atom. The van der Waals surface area contributed by atoms with Crippen LogP contribution in [0.3, 0.4) is 0 Å². The molecule has 0 spiro atoms. The van der Waals surface area contributed by atoms with Gasteiger partial charge in [0.25, 0.3) is 0 Å². The Morgan fingerprint density at radius 1 is 1.31 bits per heavy atom. The summed E-state index contributed by atoms with van der Waals surface area (Å²) in [7, 11) is 0. The maximum atomic E-state index is 14.4. The van der Waals surface area contributed by atoms with E-state index in [0.29, 0.717) is 12.2 Å². The van der Waals surface area contributed by atoms with Crippen molar-refractivity contribution < 1.29 is 49.4 Å². The molecule has 13 heteroatoms. The quantitative estimate of drug-likeness (QED) is 0.224. The number of hydrogen-bond donors (Lipinski definition) is 4. The van der Waals surface area contributed by atoms with Crippen molar-refractivity contribution in [2.24, 2.45) is 0 Å². The molecule has 0 radical (unpaired) electrons. The van der Waals surface area contributed by atoms with Crippen LogP contribution in [0.1, 0.15) is 64.2 Å². The average molecular weight is 538 g/mol. The van der Waals surface area contributed by atoms with Gasteiger partial charge >= 0.3 is 0 Å². The van der Waals surface area contributed by atoms with Crippen molar-refractivity contribution in [3.8, 4) is 0 Å². The highest BCUT2D eigenvalue weighted by molar-refractivity contribution is 7.99. The van der Waals surface area contributed by atoms with Crippen LogP contribution in [0.2, 0.25) is 0 Å². The molecule has 2 aromatic heterocycles. The van der Waals surface area contributed by atoms with Gasteiger partial charge in [0.2, 0.25) is 0 Å². The van der Waals surface area contributed by atoms with Gasteiger partial charge in [-0.1, -0.05) is 29.9 Å². The summed E-state index contributed by atoms with van der Waals surface area (Å²) in [6, 6.07) is -8.77. The zero-order chi connectivity index (χ0) is 38.9. The Balaban J connectivity index is 1.69. The largest absolute Gasteiger partial charge is 0.394 e. The first-order valence-corrected chi connectivity index (χ1v) is 11.3. The molecule has 1 unspecified atom stereocenters. The summed E-state index contributed by atoms with van der Waals surface area (Å²) in [4.78, 5) is 8.38. The van der Waals surface area contributed by atoms with Crippen LogP contribution in [-0.4, -0.2) is 83.4 Å². The minimum Gasteiger partial charge on any atom is -0.394 e. The van der Waals surface area contributed by atoms with E-state index in [0.717, 1.165) is 11.8 Å². The van der Waals surface area contributed by atoms with Crippen LogP contribution in [-0.2, 0) is 4.74 Å². The number of ether oxygens (including phenoxy) is 1. The van der Waals surface area contributed by atoms with Crippen LogP contribution >= 0.6 is 11.8 Å². The average Bonchev–Trinajstić information content (AvgIpc) is 3.29. The standard InChI is InChI=1S/C23H28F2N6O4S/c1-2-7-36-23-27-21(26-15-9-12(15)11-3-4-13(24)14(25)8-11)18-22(28-23)31(30-29-18)16-10-17(35-6-5-32)20(34)19(16)33/h3-4,8,12,15-17,19-20,32-34H,2,5-7,9-10H2,1H3,(H,26,27,28)/t12?,15-,16+,17-,19-,20+/m0/s1/i3D,4D,5D2,6D2,8D,9D2,10D2,16D,17D,19D,20D. The van der Waals surface area contributed by atoms with E-state index in [9.17, 15) is 24.1 Å². The Bertz CT molecular complexity index is 1890. The predicted octanol–water partition coefficient (Wildman–Crippen LogP) is 2.01. The lowest BCUT2D eigenvalue weighted by molar-refractivity contribution is -0.0629. The van der Waals surface area contributed by atoms with Gasteiger partial charge < -0.3 is 25.4 Å². The van der Waals surface area contributed by atoms with Gasteiger partial charge in [0.1, 0.15) is 12.2 Å². The monoisotopic (exact) mass is 537 g/mol. The van der Waals surface area contributed by atoms with E-state index >= 15 is 0 Å². The minimum absolute atomic E-state index is 0.0606. The number of hydrogen-bond acceptors (Lipinski definition) is 10. The van der Waals surface area contributed by atoms with Crippen LogP contribution in [0, 0.1) is 11.6 Å². The number of halogens is 2. The van der Waals surface area contributed by atoms with Gasteiger partial charge in [0.15, 0.2) is 33.8 Å². The lowest BCUT2D eigenvalue weighted by Gasteiger charge is -2.17. The molecule has 6 atom stereocenters. The third-order valence-electron chi connectivity index (χ3n) is 4.95. The summed E-state index contributed by atoms with van der Waals surface area (Å²) >= 11 is 0.935. The lowest BCUT2D eigenvalue weighted by atomic mass is 10.1. The molecule has 0 amide bonds. The van der Waals surface area contributed by atoms with Gasteiger partial charge in [0.05, 0.1) is 40.3 Å². The second-order valence-electron chi connectivity index (χ2n) is 7.38. The smallest absolute Gasteiger partial charge is 0.191 e. The molecule has 2 aliphatic carbocycles. The molecular formula is C23H28F2N6O4S. The van der Waals surface area contributed by atoms with Crippen molar-refractivity contribution in [2.45, 2.75) is 67.5 Å². The fourth-order valence-electron chi connectivity index (χ4n) is 3.25. The number of thioether (sulfide) groups is 1. The Labute approximate surface area is 231 Å². The lowest BCUT2D eigenvalue weighted by Crippen LogP contribution is -2.33. The minimum atomic E-state index is -4.36. The molecule has 1 aromatic carbocycles. The fourth-order valence-corrected chi connectivity index (χ4v) is 3.94. The SMILES string of the molecule is [2H]c1c([2H])c(C2[C@@H](Nc3nc(SCCC)nc4c3nnn4[C@]3([2H])C([2H])([2H])[C@]([2H])(OC([2H])([2H])C([2H])([2H])O)[C@@]([2H])(O)[C@@]3([2H])O)C2([2H])[2H])c([2H])c(F)c1F. The molecule has 2 aliphatic rings. The van der Waals surface area contributed by atoms with Gasteiger partial charge in [-0.15, -0.1) is 5.10 Å². The highest BCUT2D eigenvalue weighted by atomic mass is 32.2. The molecule has 2 heterocycles. The number of aliphatic hydroxyl groups is 3. The third kappa shape index (κ3) is 4.90. The summed E-state index contributed by atoms with van der Waals surface area (Å²) in [6.45, 7) is -6.35. The van der Waals surface area contributed by atoms with E-state index in [-0.39, 0.29) is 9.84 Å². The van der Waals surface area contributed by atoms with E-state index < -0.39 is 114 Å². The normalized spacial score (nSPS) is 45.4. The molecule has 4 N–H and O–H groups in total. The van der Waals surface area contributed by atoms with E-state index in [1.54, 1.807) is 6.92 Å². The number of anilines is 1. The van der Waals surface area contributed by atoms with Crippen molar-refractivity contribution in [3.05, 3.63) is 35.3 Å². The van der Waals surface area contributed by atoms with Gasteiger partial charge in [-0.05, 0) is 30.4 Å². The molecule has 5 rings (SSSR count). The fraction of sp³-hybridized carbons (Fsp3) is 0.565. The number of benzene rings is 1. The third-order valence-corrected chi connectivity index (χ3v) is 6.01. The number of rotatable bonds is 10. The zero-order valence-corrected chi connectivity index (χ0v) is 19.0. The summed E-state index contributed by atoms with van der Waals surface area (Å²) in [5.41, 5.74) is -1.95. The molecular weight excluding hydrogens is 494 g/mol. The predicted molar refractivity (Wildman–Crippen MR) is 128 cm³/mol. The van der Waals surface area contributed by atoms with E-state index in [2.05, 4.69) is 30.3 Å². The van der Waals surface area contributed by atoms with Crippen molar-refractivity contribution in [3.63, 3.8) is 0 Å². The topological polar surface area (TPSA) is 138 Å². The summed E-state index contributed by atoms with van der Waals surface area (Å²) < 4.78 is 155. The zero-order valence-electron chi connectivity index (χ0n) is 33.2. The van der Waals surface area contributed by atoms with Crippen LogP contribution in [0.25, 0.3) is 11.2 Å². The van der Waals surface area contributed by atoms with Crippen molar-refractivity contribution in [1.82, 2.24) is 25.0 Å². The molecule has 0 saturated heterocycles. The van der Waals surface area contributed by atoms with Crippen molar-refractivity contribution in [1.29, 1.82) is 0 Å². The molecule has 10 nitrogen and oxygen atoms in total. The highest BCUT2D eigenvalue weighted by Gasteiger charge is 2.45. The summed E-state index contributed by atoms with van der Waals surface area (Å²) in [5.74, 6) is -5.23. The van der Waals surface area contributed by atoms with E-state index in [4.69, 9.17) is 20.6 Å². The maximum Gasteiger partial charge on any atom is 0.191 e. The van der Waals surface area contributed by atoms with E-state index in [1.807, 2.05) is 0 Å². The molecule has 3 aromatic rings. The number of fused-ring (bicyclic) bond motifs is 1. The number of nitrogens with one attached hydrogen (secondary N) is 1. The molecule has 194 valence electrons. The molecule has 2 saturated carbocycles. The van der Waals surface area contributed by atoms with Gasteiger partial charge in [-0.3, -0.25) is 0 Å². The molecule has 0 aliphatic heterocycles. The number of aromatic nitrogens is 5. The van der Waals surface area contributed by atoms with Crippen molar-refractivity contribution >= 4 is 28.7 Å². The van der Waals surface area contributed by atoms with Gasteiger partial charge in [-0.2, -0.15) is 0 Å². The van der Waals surface area contributed by atoms with Crippen LogP contribution in [0.5, 0.6) is 0 Å². The van der Waals surface area contributed by atoms with Crippen LogP contribution < -0.4 is 5.32 Å². The van der Waals surface area contributed by atoms with Crippen LogP contribution in [0.4, 0.5) is 14.6 Å². The summed E-state index contributed by atoms with van der Waals surface area (Å²) in [6.07, 6.45) is -19.0. The van der Waals surface area contributed by atoms with E-state index in [1.165, 1.54) is 0 Å². The first-order valence-electron chi connectivity index (χ1n) is 17.9. The molecule has 0 bridgehead atoms. The van der Waals surface area contributed by atoms with Gasteiger partial charge in [-0.25, -0.2) is 23.4 Å². The highest BCUT2D eigenvalue weighted by Crippen LogP contribution is 2.44. The Hall–Kier alpha value is -2.45. The number of nitrogens with zero attached hydrogens (tertiary/aromatic N) is 5. The Morgan fingerprint density at radius 2 is 2.14 bits per heavy atom. The van der Waals surface area contributed by atoms with Gasteiger partial charge in [0, 0.05) is 29.6 Å². The molecule has 2 fully saturated rings. The van der Waals surface area contributed by atoms with Crippen LogP contribution in [0.15, 0.2) is 23.3 Å². The second-order valence-corrected chi connectivity index (χ2v) is 8.44. The Kier molecular flexibility index (Phi) is 3.75. The maximum absolute atomic E-state index is 14.4. The van der Waals surface area contributed by atoms with Crippen molar-refractivity contribution in [2.75, 3.05) is 24.2 Å².